The molecule has 1 N–H and O–H groups in total. The van der Waals surface area contributed by atoms with E-state index < -0.39 is 16.6 Å². The lowest BCUT2D eigenvalue weighted by Crippen LogP contribution is -2.45. The van der Waals surface area contributed by atoms with E-state index in [4.69, 9.17) is 4.74 Å². The molecular formula is C13H16FN3O4. The molecule has 2 rings (SSSR count). The van der Waals surface area contributed by atoms with Gasteiger partial charge >= 0.3 is 0 Å². The van der Waals surface area contributed by atoms with Crippen molar-refractivity contribution in [3.8, 4) is 0 Å². The van der Waals surface area contributed by atoms with Crippen LogP contribution >= 0.6 is 0 Å². The summed E-state index contributed by atoms with van der Waals surface area (Å²) in [5.41, 5.74) is -0.571. The first kappa shape index (κ1) is 15.3. The molecule has 1 aliphatic rings. The standard InChI is InChI=1S/C13H16FN3O4/c1-16(8-10-7-15-4-5-21-10)13(18)11-3-2-9(17(19)20)6-12(11)14/h2-3,6,10,15H,4-5,7-8H2,1H3. The van der Waals surface area contributed by atoms with Crippen molar-refractivity contribution in [2.24, 2.45) is 0 Å². The summed E-state index contributed by atoms with van der Waals surface area (Å²) in [7, 11) is 1.54. The average molecular weight is 297 g/mol. The molecule has 1 saturated heterocycles. The number of non-ortho nitro benzene ring substituents is 1. The van der Waals surface area contributed by atoms with Gasteiger partial charge in [0, 0.05) is 32.7 Å². The van der Waals surface area contributed by atoms with Gasteiger partial charge in [0.2, 0.25) is 0 Å². The van der Waals surface area contributed by atoms with Gasteiger partial charge < -0.3 is 15.0 Å². The number of nitrogens with one attached hydrogen (secondary N) is 1. The van der Waals surface area contributed by atoms with Gasteiger partial charge in [-0.2, -0.15) is 0 Å². The molecule has 1 aliphatic heterocycles. The van der Waals surface area contributed by atoms with Crippen molar-refractivity contribution < 1.29 is 18.8 Å². The van der Waals surface area contributed by atoms with Gasteiger partial charge in [0.15, 0.2) is 0 Å². The lowest BCUT2D eigenvalue weighted by Gasteiger charge is -2.28. The number of amides is 1. The summed E-state index contributed by atoms with van der Waals surface area (Å²) in [4.78, 5) is 23.4. The van der Waals surface area contributed by atoms with Crippen LogP contribution in [0.25, 0.3) is 0 Å². The summed E-state index contributed by atoms with van der Waals surface area (Å²) in [5.74, 6) is -1.43. The Morgan fingerprint density at radius 3 is 2.95 bits per heavy atom. The van der Waals surface area contributed by atoms with E-state index in [0.717, 1.165) is 24.7 Å². The smallest absolute Gasteiger partial charge is 0.272 e. The Balaban J connectivity index is 2.06. The van der Waals surface area contributed by atoms with Crippen LogP contribution in [0.2, 0.25) is 0 Å². The predicted molar refractivity (Wildman–Crippen MR) is 72.6 cm³/mol. The Morgan fingerprint density at radius 2 is 2.38 bits per heavy atom. The fourth-order valence-corrected chi connectivity index (χ4v) is 2.12. The number of carbonyl (C=O) groups excluding carboxylic acids is 1. The first-order valence-corrected chi connectivity index (χ1v) is 6.50. The number of ether oxygens (including phenoxy) is 1. The lowest BCUT2D eigenvalue weighted by molar-refractivity contribution is -0.385. The van der Waals surface area contributed by atoms with Gasteiger partial charge in [-0.1, -0.05) is 0 Å². The Labute approximate surface area is 120 Å². The molecule has 0 saturated carbocycles. The fraction of sp³-hybridized carbons (Fsp3) is 0.462. The molecule has 1 aromatic carbocycles. The fourth-order valence-electron chi connectivity index (χ4n) is 2.12. The molecule has 1 unspecified atom stereocenters. The highest BCUT2D eigenvalue weighted by Gasteiger charge is 2.22. The van der Waals surface area contributed by atoms with E-state index in [-0.39, 0.29) is 17.4 Å². The van der Waals surface area contributed by atoms with Gasteiger partial charge in [-0.25, -0.2) is 4.39 Å². The molecule has 1 heterocycles. The highest BCUT2D eigenvalue weighted by atomic mass is 19.1. The van der Waals surface area contributed by atoms with Crippen LogP contribution in [0.5, 0.6) is 0 Å². The Hall–Kier alpha value is -2.06. The molecule has 0 radical (unpaired) electrons. The van der Waals surface area contributed by atoms with Gasteiger partial charge in [0.05, 0.1) is 29.3 Å². The molecule has 1 aromatic rings. The van der Waals surface area contributed by atoms with Gasteiger partial charge in [-0.3, -0.25) is 14.9 Å². The van der Waals surface area contributed by atoms with Crippen molar-refractivity contribution in [2.75, 3.05) is 33.3 Å². The minimum Gasteiger partial charge on any atom is -0.374 e. The minimum atomic E-state index is -0.899. The third kappa shape index (κ3) is 3.73. The van der Waals surface area contributed by atoms with Crippen molar-refractivity contribution in [1.29, 1.82) is 0 Å². The molecule has 0 bridgehead atoms. The zero-order chi connectivity index (χ0) is 15.4. The molecule has 0 aliphatic carbocycles. The van der Waals surface area contributed by atoms with Crippen LogP contribution in [0.4, 0.5) is 10.1 Å². The molecule has 21 heavy (non-hydrogen) atoms. The Bertz CT molecular complexity index is 546. The van der Waals surface area contributed by atoms with Crippen LogP contribution in [0, 0.1) is 15.9 Å². The van der Waals surface area contributed by atoms with E-state index in [9.17, 15) is 19.3 Å². The number of rotatable bonds is 4. The topological polar surface area (TPSA) is 84.7 Å². The number of likely N-dealkylation sites (N-methyl/N-ethyl adjacent to an activating group) is 1. The van der Waals surface area contributed by atoms with Gasteiger partial charge in [0.25, 0.3) is 11.6 Å². The zero-order valence-electron chi connectivity index (χ0n) is 11.5. The van der Waals surface area contributed by atoms with E-state index in [1.165, 1.54) is 4.90 Å². The highest BCUT2D eigenvalue weighted by molar-refractivity contribution is 5.94. The van der Waals surface area contributed by atoms with Crippen LogP contribution in [0.15, 0.2) is 18.2 Å². The largest absolute Gasteiger partial charge is 0.374 e. The minimum absolute atomic E-state index is 0.145. The molecular weight excluding hydrogens is 281 g/mol. The van der Waals surface area contributed by atoms with Crippen LogP contribution in [-0.2, 0) is 4.74 Å². The number of halogens is 1. The lowest BCUT2D eigenvalue weighted by atomic mass is 10.1. The summed E-state index contributed by atoms with van der Waals surface area (Å²) in [5, 5.41) is 13.7. The van der Waals surface area contributed by atoms with E-state index in [2.05, 4.69) is 5.32 Å². The third-order valence-electron chi connectivity index (χ3n) is 3.22. The number of nitro groups is 1. The summed E-state index contributed by atoms with van der Waals surface area (Å²) in [6, 6.07) is 2.99. The van der Waals surface area contributed by atoms with Gasteiger partial charge in [-0.15, -0.1) is 0 Å². The van der Waals surface area contributed by atoms with E-state index >= 15 is 0 Å². The summed E-state index contributed by atoms with van der Waals surface area (Å²) < 4.78 is 19.3. The van der Waals surface area contributed by atoms with Gasteiger partial charge in [-0.05, 0) is 6.07 Å². The molecule has 1 fully saturated rings. The van der Waals surface area contributed by atoms with Crippen molar-refractivity contribution in [3.05, 3.63) is 39.7 Å². The Morgan fingerprint density at radius 1 is 1.62 bits per heavy atom. The normalized spacial score (nSPS) is 18.3. The second-order valence-corrected chi connectivity index (χ2v) is 4.80. The maximum Gasteiger partial charge on any atom is 0.272 e. The van der Waals surface area contributed by atoms with Crippen LogP contribution in [0.3, 0.4) is 0 Å². The number of benzene rings is 1. The molecule has 8 heteroatoms. The maximum absolute atomic E-state index is 13.8. The molecule has 114 valence electrons. The maximum atomic E-state index is 13.8. The van der Waals surface area contributed by atoms with Gasteiger partial charge in [0.1, 0.15) is 5.82 Å². The molecule has 1 atom stereocenters. The number of nitro benzene ring substituents is 1. The third-order valence-corrected chi connectivity index (χ3v) is 3.22. The first-order chi connectivity index (χ1) is 9.99. The molecule has 0 spiro atoms. The summed E-state index contributed by atoms with van der Waals surface area (Å²) >= 11 is 0. The second kappa shape index (κ2) is 6.59. The predicted octanol–water partition coefficient (Wildman–Crippen LogP) is 0.794. The van der Waals surface area contributed by atoms with Crippen LogP contribution in [-0.4, -0.2) is 55.1 Å². The van der Waals surface area contributed by atoms with Crippen molar-refractivity contribution in [2.45, 2.75) is 6.10 Å². The van der Waals surface area contributed by atoms with Crippen molar-refractivity contribution in [3.63, 3.8) is 0 Å². The monoisotopic (exact) mass is 297 g/mol. The van der Waals surface area contributed by atoms with Crippen molar-refractivity contribution >= 4 is 11.6 Å². The first-order valence-electron chi connectivity index (χ1n) is 6.50. The van der Waals surface area contributed by atoms with Crippen LogP contribution in [0.1, 0.15) is 10.4 Å². The number of carbonyl (C=O) groups is 1. The average Bonchev–Trinajstić information content (AvgIpc) is 2.47. The van der Waals surface area contributed by atoms with Crippen LogP contribution < -0.4 is 5.32 Å². The van der Waals surface area contributed by atoms with E-state index in [1.54, 1.807) is 7.05 Å². The van der Waals surface area contributed by atoms with E-state index in [1.807, 2.05) is 0 Å². The number of nitrogens with zero attached hydrogens (tertiary/aromatic N) is 2. The molecule has 1 amide bonds. The van der Waals surface area contributed by atoms with Crippen molar-refractivity contribution in [1.82, 2.24) is 10.2 Å². The summed E-state index contributed by atoms with van der Waals surface area (Å²) in [6.07, 6.45) is -0.145. The zero-order valence-corrected chi connectivity index (χ0v) is 11.5. The SMILES string of the molecule is CN(CC1CNCCO1)C(=O)c1ccc([N+](=O)[O-])cc1F. The number of hydrogen-bond donors (Lipinski definition) is 1. The quantitative estimate of drug-likeness (QED) is 0.656. The highest BCUT2D eigenvalue weighted by Crippen LogP contribution is 2.18. The van der Waals surface area contributed by atoms with E-state index in [0.29, 0.717) is 19.7 Å². The molecule has 7 nitrogen and oxygen atoms in total. The number of hydrogen-bond acceptors (Lipinski definition) is 5. The summed E-state index contributed by atoms with van der Waals surface area (Å²) in [6.45, 7) is 2.28. The molecule has 0 aromatic heterocycles. The number of morpholine rings is 1. The Kier molecular flexibility index (Phi) is 4.81. The second-order valence-electron chi connectivity index (χ2n) is 4.80.